The van der Waals surface area contributed by atoms with Crippen molar-refractivity contribution in [3.8, 4) is 5.69 Å². The highest BCUT2D eigenvalue weighted by molar-refractivity contribution is 7.89. The lowest BCUT2D eigenvalue weighted by Gasteiger charge is -2.27. The Labute approximate surface area is 188 Å². The number of benzene rings is 1. The van der Waals surface area contributed by atoms with E-state index in [1.165, 1.54) is 42.9 Å². The average Bonchev–Trinajstić information content (AvgIpc) is 3.13. The van der Waals surface area contributed by atoms with Crippen molar-refractivity contribution in [3.63, 3.8) is 0 Å². The summed E-state index contributed by atoms with van der Waals surface area (Å²) in [5, 5.41) is 4.26. The van der Waals surface area contributed by atoms with E-state index >= 15 is 0 Å². The maximum atomic E-state index is 14.2. The number of carbonyl (C=O) groups is 1. The van der Waals surface area contributed by atoms with E-state index < -0.39 is 32.7 Å². The summed E-state index contributed by atoms with van der Waals surface area (Å²) in [5.41, 5.74) is 0.897. The van der Waals surface area contributed by atoms with Gasteiger partial charge in [-0.25, -0.2) is 17.5 Å². The van der Waals surface area contributed by atoms with Gasteiger partial charge in [-0.15, -0.1) is 0 Å². The number of rotatable bonds is 6. The van der Waals surface area contributed by atoms with Crippen LogP contribution in [-0.2, 0) is 14.8 Å². The molecule has 3 rings (SSSR count). The highest BCUT2D eigenvalue weighted by Gasteiger charge is 2.34. The van der Waals surface area contributed by atoms with Crippen LogP contribution >= 0.6 is 23.2 Å². The number of aromatic nitrogens is 3. The van der Waals surface area contributed by atoms with E-state index in [1.54, 1.807) is 24.5 Å². The quantitative estimate of drug-likeness (QED) is 0.533. The molecule has 2 heterocycles. The number of hydrogen-bond donors (Lipinski definition) is 0. The normalized spacial score (nSPS) is 12.7. The lowest BCUT2D eigenvalue weighted by molar-refractivity contribution is -0.121. The molecule has 12 heteroatoms. The standard InChI is InChI=1S/C19H18Cl2FN5O3S/c1-12(26(3)31(29,30)17-7-6-13(20)9-15(17)22)19(28)25(2)16-11-27(24-18(16)21)14-5-4-8-23-10-14/h4-12H,1-3H3. The summed E-state index contributed by atoms with van der Waals surface area (Å²) >= 11 is 11.9. The second-order valence-electron chi connectivity index (χ2n) is 6.63. The molecule has 1 atom stereocenters. The summed E-state index contributed by atoms with van der Waals surface area (Å²) in [6, 6.07) is 5.52. The summed E-state index contributed by atoms with van der Waals surface area (Å²) in [6.45, 7) is 1.39. The van der Waals surface area contributed by atoms with Crippen LogP contribution in [0.4, 0.5) is 10.1 Å². The van der Waals surface area contributed by atoms with Gasteiger partial charge < -0.3 is 4.90 Å². The Kier molecular flexibility index (Phi) is 6.65. The van der Waals surface area contributed by atoms with Crippen LogP contribution in [0, 0.1) is 5.82 Å². The zero-order valence-corrected chi connectivity index (χ0v) is 19.0. The number of anilines is 1. The molecule has 0 aliphatic rings. The van der Waals surface area contributed by atoms with Gasteiger partial charge in [0.1, 0.15) is 22.4 Å². The van der Waals surface area contributed by atoms with E-state index in [0.717, 1.165) is 16.4 Å². The fourth-order valence-corrected chi connectivity index (χ4v) is 4.57. The molecule has 164 valence electrons. The van der Waals surface area contributed by atoms with Crippen LogP contribution in [0.3, 0.4) is 0 Å². The summed E-state index contributed by atoms with van der Waals surface area (Å²) in [6.07, 6.45) is 4.70. The van der Waals surface area contributed by atoms with Gasteiger partial charge in [0.2, 0.25) is 15.9 Å². The van der Waals surface area contributed by atoms with Gasteiger partial charge in [-0.05, 0) is 37.3 Å². The predicted octanol–water partition coefficient (Wildman–Crippen LogP) is 3.39. The van der Waals surface area contributed by atoms with E-state index in [0.29, 0.717) is 5.69 Å². The third kappa shape index (κ3) is 4.57. The first-order chi connectivity index (χ1) is 14.5. The molecular weight excluding hydrogens is 468 g/mol. The van der Waals surface area contributed by atoms with Gasteiger partial charge in [-0.2, -0.15) is 9.40 Å². The molecular formula is C19H18Cl2FN5O3S. The number of pyridine rings is 1. The van der Waals surface area contributed by atoms with Crippen molar-refractivity contribution < 1.29 is 17.6 Å². The van der Waals surface area contributed by atoms with E-state index in [4.69, 9.17) is 23.2 Å². The van der Waals surface area contributed by atoms with Gasteiger partial charge in [0.25, 0.3) is 0 Å². The fourth-order valence-electron chi connectivity index (χ4n) is 2.79. The topological polar surface area (TPSA) is 88.4 Å². The lowest BCUT2D eigenvalue weighted by atomic mass is 10.3. The molecule has 1 aromatic carbocycles. The highest BCUT2D eigenvalue weighted by atomic mass is 35.5. The molecule has 0 spiro atoms. The van der Waals surface area contributed by atoms with Gasteiger partial charge >= 0.3 is 0 Å². The average molecular weight is 486 g/mol. The molecule has 0 bridgehead atoms. The molecule has 0 saturated carbocycles. The smallest absolute Gasteiger partial charge is 0.246 e. The summed E-state index contributed by atoms with van der Waals surface area (Å²) in [7, 11) is -1.67. The Morgan fingerprint density at radius 3 is 2.55 bits per heavy atom. The first kappa shape index (κ1) is 23.1. The number of nitrogens with zero attached hydrogens (tertiary/aromatic N) is 5. The van der Waals surface area contributed by atoms with Crippen molar-refractivity contribution in [2.75, 3.05) is 19.0 Å². The predicted molar refractivity (Wildman–Crippen MR) is 116 cm³/mol. The van der Waals surface area contributed by atoms with Crippen LogP contribution in [0.2, 0.25) is 10.2 Å². The zero-order chi connectivity index (χ0) is 22.9. The molecule has 1 unspecified atom stereocenters. The van der Waals surface area contributed by atoms with Crippen LogP contribution in [0.5, 0.6) is 0 Å². The van der Waals surface area contributed by atoms with Gasteiger partial charge in [0.15, 0.2) is 5.15 Å². The first-order valence-electron chi connectivity index (χ1n) is 8.90. The van der Waals surface area contributed by atoms with Crippen molar-refractivity contribution in [1.29, 1.82) is 0 Å². The number of sulfonamides is 1. The van der Waals surface area contributed by atoms with E-state index in [9.17, 15) is 17.6 Å². The van der Waals surface area contributed by atoms with Crippen molar-refractivity contribution in [2.24, 2.45) is 0 Å². The largest absolute Gasteiger partial charge is 0.310 e. The third-order valence-corrected chi connectivity index (χ3v) is 7.17. The minimum absolute atomic E-state index is 0.0427. The molecule has 0 radical (unpaired) electrons. The molecule has 1 amide bonds. The Bertz CT molecular complexity index is 1220. The number of likely N-dealkylation sites (N-methyl/N-ethyl adjacent to an activating group) is 2. The molecule has 0 saturated heterocycles. The monoisotopic (exact) mass is 485 g/mol. The SMILES string of the molecule is CC(C(=O)N(C)c1cn(-c2cccnc2)nc1Cl)N(C)S(=O)(=O)c1ccc(Cl)cc1F. The second kappa shape index (κ2) is 8.91. The van der Waals surface area contributed by atoms with Crippen LogP contribution in [0.15, 0.2) is 53.8 Å². The number of carbonyl (C=O) groups excluding carboxylic acids is 1. The fraction of sp³-hybridized carbons (Fsp3) is 0.211. The molecule has 31 heavy (non-hydrogen) atoms. The van der Waals surface area contributed by atoms with Gasteiger partial charge in [0.05, 0.1) is 18.1 Å². The van der Waals surface area contributed by atoms with Crippen LogP contribution in [-0.4, -0.2) is 53.5 Å². The maximum absolute atomic E-state index is 14.2. The number of halogens is 3. The minimum atomic E-state index is -4.30. The lowest BCUT2D eigenvalue weighted by Crippen LogP contribution is -2.46. The second-order valence-corrected chi connectivity index (χ2v) is 9.39. The van der Waals surface area contributed by atoms with Crippen molar-refractivity contribution in [3.05, 3.63) is 64.9 Å². The van der Waals surface area contributed by atoms with Crippen molar-refractivity contribution >= 4 is 44.8 Å². The molecule has 0 aliphatic carbocycles. The maximum Gasteiger partial charge on any atom is 0.246 e. The Morgan fingerprint density at radius 2 is 1.94 bits per heavy atom. The van der Waals surface area contributed by atoms with E-state index in [2.05, 4.69) is 10.1 Å². The summed E-state index contributed by atoms with van der Waals surface area (Å²) in [5.74, 6) is -1.60. The van der Waals surface area contributed by atoms with E-state index in [-0.39, 0.29) is 15.9 Å². The molecule has 0 N–H and O–H groups in total. The van der Waals surface area contributed by atoms with Crippen LogP contribution in [0.1, 0.15) is 6.92 Å². The molecule has 0 fully saturated rings. The third-order valence-electron chi connectivity index (χ3n) is 4.71. The van der Waals surface area contributed by atoms with E-state index in [1.807, 2.05) is 0 Å². The Balaban J connectivity index is 1.86. The van der Waals surface area contributed by atoms with Gasteiger partial charge in [-0.3, -0.25) is 9.78 Å². The van der Waals surface area contributed by atoms with Crippen molar-refractivity contribution in [1.82, 2.24) is 19.1 Å². The minimum Gasteiger partial charge on any atom is -0.310 e. The summed E-state index contributed by atoms with van der Waals surface area (Å²) < 4.78 is 42.1. The Hall–Kier alpha value is -2.53. The molecule has 2 aromatic heterocycles. The van der Waals surface area contributed by atoms with Gasteiger partial charge in [0, 0.05) is 25.3 Å². The number of amides is 1. The summed E-state index contributed by atoms with van der Waals surface area (Å²) in [4.78, 5) is 17.6. The molecule has 8 nitrogen and oxygen atoms in total. The van der Waals surface area contributed by atoms with Crippen molar-refractivity contribution in [2.45, 2.75) is 17.9 Å². The number of hydrogen-bond acceptors (Lipinski definition) is 5. The Morgan fingerprint density at radius 1 is 1.23 bits per heavy atom. The van der Waals surface area contributed by atoms with Gasteiger partial charge in [-0.1, -0.05) is 23.2 Å². The first-order valence-corrected chi connectivity index (χ1v) is 11.1. The zero-order valence-electron chi connectivity index (χ0n) is 16.7. The molecule has 0 aliphatic heterocycles. The molecule has 3 aromatic rings. The van der Waals surface area contributed by atoms with Crippen LogP contribution in [0.25, 0.3) is 5.69 Å². The van der Waals surface area contributed by atoms with Crippen LogP contribution < -0.4 is 4.90 Å². The highest BCUT2D eigenvalue weighted by Crippen LogP contribution is 2.27.